The van der Waals surface area contributed by atoms with Crippen LogP contribution in [0.3, 0.4) is 0 Å². The van der Waals surface area contributed by atoms with E-state index in [0.717, 1.165) is 58.3 Å². The van der Waals surface area contributed by atoms with Gasteiger partial charge in [0.1, 0.15) is 9.84 Å². The fourth-order valence-electron chi connectivity index (χ4n) is 3.11. The maximum atomic E-state index is 11.2. The van der Waals surface area contributed by atoms with Crippen LogP contribution in [0.4, 0.5) is 0 Å². The van der Waals surface area contributed by atoms with E-state index in [2.05, 4.69) is 27.0 Å². The van der Waals surface area contributed by atoms with Gasteiger partial charge in [-0.15, -0.1) is 24.0 Å². The van der Waals surface area contributed by atoms with Crippen LogP contribution in [0.15, 0.2) is 4.99 Å². The van der Waals surface area contributed by atoms with Crippen LogP contribution in [0.1, 0.15) is 19.8 Å². The minimum Gasteiger partial charge on any atom is -0.379 e. The average Bonchev–Trinajstić information content (AvgIpc) is 3.00. The highest BCUT2D eigenvalue weighted by atomic mass is 127. The van der Waals surface area contributed by atoms with Crippen LogP contribution in [0, 0.1) is 0 Å². The maximum Gasteiger partial charge on any atom is 0.193 e. The molecule has 0 aliphatic carbocycles. The Balaban J connectivity index is 0.00000288. The van der Waals surface area contributed by atoms with Gasteiger partial charge >= 0.3 is 0 Å². The molecule has 2 aliphatic heterocycles. The number of guanidine groups is 1. The van der Waals surface area contributed by atoms with Crippen LogP contribution in [0.5, 0.6) is 0 Å². The van der Waals surface area contributed by atoms with Gasteiger partial charge in [-0.2, -0.15) is 0 Å². The summed E-state index contributed by atoms with van der Waals surface area (Å²) in [6.07, 6.45) is 3.00. The third-order valence-corrected chi connectivity index (χ3v) is 5.32. The van der Waals surface area contributed by atoms with E-state index < -0.39 is 9.84 Å². The van der Waals surface area contributed by atoms with Gasteiger partial charge in [0.05, 0.1) is 19.0 Å². The molecule has 0 bridgehead atoms. The molecule has 24 heavy (non-hydrogen) atoms. The van der Waals surface area contributed by atoms with E-state index in [0.29, 0.717) is 19.0 Å². The van der Waals surface area contributed by atoms with E-state index in [-0.39, 0.29) is 29.7 Å². The van der Waals surface area contributed by atoms with Gasteiger partial charge in [-0.1, -0.05) is 0 Å². The average molecular weight is 474 g/mol. The highest BCUT2D eigenvalue weighted by Gasteiger charge is 2.30. The summed E-state index contributed by atoms with van der Waals surface area (Å²) in [4.78, 5) is 9.41. The second-order valence-corrected chi connectivity index (χ2v) is 8.52. The SMILES string of the molecule is CCNC(=NCCCS(C)(=O)=O)N1CCC(N2CCOCC2)C1.I. The Hall–Kier alpha value is -0.130. The van der Waals surface area contributed by atoms with Crippen LogP contribution in [-0.4, -0.2) is 94.7 Å². The molecular weight excluding hydrogens is 443 g/mol. The van der Waals surface area contributed by atoms with Gasteiger partial charge in [0.2, 0.25) is 0 Å². The number of morpholine rings is 1. The molecule has 1 N–H and O–H groups in total. The van der Waals surface area contributed by atoms with Crippen molar-refractivity contribution in [2.24, 2.45) is 4.99 Å². The van der Waals surface area contributed by atoms with Gasteiger partial charge in [0, 0.05) is 51.6 Å². The zero-order valence-electron chi connectivity index (χ0n) is 14.7. The third-order valence-electron chi connectivity index (χ3n) is 4.29. The van der Waals surface area contributed by atoms with Gasteiger partial charge in [-0.05, 0) is 19.8 Å². The molecule has 1 unspecified atom stereocenters. The van der Waals surface area contributed by atoms with Gasteiger partial charge in [0.15, 0.2) is 5.96 Å². The molecule has 2 aliphatic rings. The molecule has 7 nitrogen and oxygen atoms in total. The Labute approximate surface area is 163 Å². The molecule has 2 fully saturated rings. The number of ether oxygens (including phenoxy) is 1. The summed E-state index contributed by atoms with van der Waals surface area (Å²) in [6, 6.07) is 0.568. The van der Waals surface area contributed by atoms with Gasteiger partial charge < -0.3 is 15.0 Å². The summed E-state index contributed by atoms with van der Waals surface area (Å²) in [5.41, 5.74) is 0. The molecule has 142 valence electrons. The van der Waals surface area contributed by atoms with Crippen molar-refractivity contribution in [3.05, 3.63) is 0 Å². The van der Waals surface area contributed by atoms with Crippen molar-refractivity contribution in [1.82, 2.24) is 15.1 Å². The molecular formula is C15H31IN4O3S. The van der Waals surface area contributed by atoms with Crippen LogP contribution >= 0.6 is 24.0 Å². The summed E-state index contributed by atoms with van der Waals surface area (Å²) in [5.74, 6) is 1.11. The summed E-state index contributed by atoms with van der Waals surface area (Å²) >= 11 is 0. The molecule has 0 radical (unpaired) electrons. The lowest BCUT2D eigenvalue weighted by molar-refractivity contribution is 0.0195. The Bertz CT molecular complexity index is 495. The van der Waals surface area contributed by atoms with Crippen molar-refractivity contribution < 1.29 is 13.2 Å². The molecule has 2 saturated heterocycles. The van der Waals surface area contributed by atoms with Gasteiger partial charge in [-0.3, -0.25) is 9.89 Å². The van der Waals surface area contributed by atoms with Gasteiger partial charge in [0.25, 0.3) is 0 Å². The zero-order valence-corrected chi connectivity index (χ0v) is 17.9. The second kappa shape index (κ2) is 10.8. The molecule has 1 atom stereocenters. The molecule has 0 saturated carbocycles. The van der Waals surface area contributed by atoms with Crippen LogP contribution in [-0.2, 0) is 14.6 Å². The minimum atomic E-state index is -2.90. The van der Waals surface area contributed by atoms with Crippen LogP contribution in [0.2, 0.25) is 0 Å². The number of rotatable bonds is 6. The topological polar surface area (TPSA) is 74.2 Å². The highest BCUT2D eigenvalue weighted by Crippen LogP contribution is 2.17. The molecule has 0 aromatic heterocycles. The standard InChI is InChI=1S/C15H30N4O3S.HI/c1-3-16-15(17-6-4-12-23(2,20)21)19-7-5-14(13-19)18-8-10-22-11-9-18;/h14H,3-13H2,1-2H3,(H,16,17);1H. The van der Waals surface area contributed by atoms with E-state index >= 15 is 0 Å². The van der Waals surface area contributed by atoms with E-state index in [1.807, 2.05) is 0 Å². The van der Waals surface area contributed by atoms with Crippen molar-refractivity contribution in [3.8, 4) is 0 Å². The summed E-state index contributed by atoms with van der Waals surface area (Å²) in [7, 11) is -2.90. The van der Waals surface area contributed by atoms with Crippen molar-refractivity contribution in [2.45, 2.75) is 25.8 Å². The van der Waals surface area contributed by atoms with E-state index in [4.69, 9.17) is 4.74 Å². The Kier molecular flexibility index (Phi) is 9.83. The van der Waals surface area contributed by atoms with Crippen LogP contribution < -0.4 is 5.32 Å². The number of hydrogen-bond donors (Lipinski definition) is 1. The molecule has 2 heterocycles. The second-order valence-electron chi connectivity index (χ2n) is 6.26. The number of nitrogens with one attached hydrogen (secondary N) is 1. The fraction of sp³-hybridized carbons (Fsp3) is 0.933. The van der Waals surface area contributed by atoms with Crippen molar-refractivity contribution in [2.75, 3.05) is 64.5 Å². The molecule has 0 amide bonds. The Morgan fingerprint density at radius 2 is 2.00 bits per heavy atom. The van der Waals surface area contributed by atoms with E-state index in [1.54, 1.807) is 0 Å². The molecule has 2 rings (SSSR count). The molecule has 9 heteroatoms. The normalized spacial score (nSPS) is 23.2. The monoisotopic (exact) mass is 474 g/mol. The quantitative estimate of drug-likeness (QED) is 0.260. The summed E-state index contributed by atoms with van der Waals surface area (Å²) < 4.78 is 27.8. The number of sulfone groups is 1. The first kappa shape index (κ1) is 21.9. The molecule has 0 aromatic rings. The predicted octanol–water partition coefficient (Wildman–Crippen LogP) is 0.411. The van der Waals surface area contributed by atoms with E-state index in [9.17, 15) is 8.42 Å². The predicted molar refractivity (Wildman–Crippen MR) is 108 cm³/mol. The first-order chi connectivity index (χ1) is 11.0. The van der Waals surface area contributed by atoms with Crippen molar-refractivity contribution >= 4 is 39.8 Å². The zero-order chi connectivity index (χ0) is 16.7. The highest BCUT2D eigenvalue weighted by molar-refractivity contribution is 14.0. The summed E-state index contributed by atoms with van der Waals surface area (Å²) in [5, 5.41) is 3.33. The molecule has 0 aromatic carbocycles. The Morgan fingerprint density at radius 1 is 1.29 bits per heavy atom. The lowest BCUT2D eigenvalue weighted by atomic mass is 10.2. The number of nitrogens with zero attached hydrogens (tertiary/aromatic N) is 3. The number of halogens is 1. The van der Waals surface area contributed by atoms with Crippen molar-refractivity contribution in [3.63, 3.8) is 0 Å². The number of hydrogen-bond acceptors (Lipinski definition) is 5. The number of aliphatic imine (C=N–C) groups is 1. The third kappa shape index (κ3) is 7.40. The molecule has 0 spiro atoms. The minimum absolute atomic E-state index is 0. The smallest absolute Gasteiger partial charge is 0.193 e. The fourth-order valence-corrected chi connectivity index (χ4v) is 3.77. The first-order valence-electron chi connectivity index (χ1n) is 8.52. The summed E-state index contributed by atoms with van der Waals surface area (Å²) in [6.45, 7) is 9.10. The lowest BCUT2D eigenvalue weighted by Gasteiger charge is -2.32. The van der Waals surface area contributed by atoms with Crippen molar-refractivity contribution in [1.29, 1.82) is 0 Å². The largest absolute Gasteiger partial charge is 0.379 e. The Morgan fingerprint density at radius 3 is 2.62 bits per heavy atom. The lowest BCUT2D eigenvalue weighted by Crippen LogP contribution is -2.46. The maximum absolute atomic E-state index is 11.2. The first-order valence-corrected chi connectivity index (χ1v) is 10.6. The van der Waals surface area contributed by atoms with Crippen LogP contribution in [0.25, 0.3) is 0 Å². The van der Waals surface area contributed by atoms with E-state index in [1.165, 1.54) is 6.26 Å². The number of likely N-dealkylation sites (tertiary alicyclic amines) is 1. The van der Waals surface area contributed by atoms with Gasteiger partial charge in [-0.25, -0.2) is 8.42 Å².